The Hall–Kier alpha value is -2.69. The minimum Gasteiger partial charge on any atom is -0.352 e. The molecule has 0 bridgehead atoms. The average Bonchev–Trinajstić information content (AvgIpc) is 3.04. The predicted molar refractivity (Wildman–Crippen MR) is 85.1 cm³/mol. The summed E-state index contributed by atoms with van der Waals surface area (Å²) in [6, 6.07) is 14.9. The molecule has 0 aliphatic heterocycles. The van der Waals surface area contributed by atoms with E-state index in [9.17, 15) is 14.9 Å². The van der Waals surface area contributed by atoms with Crippen molar-refractivity contribution >= 4 is 11.6 Å². The van der Waals surface area contributed by atoms with Gasteiger partial charge in [-0.1, -0.05) is 42.5 Å². The molecule has 1 amide bonds. The summed E-state index contributed by atoms with van der Waals surface area (Å²) in [5.41, 5.74) is 3.19. The van der Waals surface area contributed by atoms with E-state index in [1.807, 2.05) is 12.1 Å². The quantitative estimate of drug-likeness (QED) is 0.697. The zero-order chi connectivity index (χ0) is 16.0. The normalized spacial score (nSPS) is 23.7. The zero-order valence-corrected chi connectivity index (χ0v) is 12.4. The molecule has 1 fully saturated rings. The van der Waals surface area contributed by atoms with Crippen molar-refractivity contribution in [2.75, 3.05) is 0 Å². The number of nitrogens with one attached hydrogen (secondary N) is 1. The van der Waals surface area contributed by atoms with Gasteiger partial charge in [-0.2, -0.15) is 0 Å². The minimum atomic E-state index is -0.440. The molecule has 116 valence electrons. The van der Waals surface area contributed by atoms with Crippen LogP contribution >= 0.6 is 0 Å². The Balaban J connectivity index is 1.43. The number of para-hydroxylation sites is 1. The highest BCUT2D eigenvalue weighted by atomic mass is 16.6. The number of nitro groups is 1. The lowest BCUT2D eigenvalue weighted by molar-refractivity contribution is -0.385. The maximum Gasteiger partial charge on any atom is 0.273 e. The largest absolute Gasteiger partial charge is 0.352 e. The van der Waals surface area contributed by atoms with E-state index in [0.29, 0.717) is 17.4 Å². The van der Waals surface area contributed by atoms with Crippen molar-refractivity contribution in [2.45, 2.75) is 24.8 Å². The molecule has 4 rings (SSSR count). The second kappa shape index (κ2) is 5.19. The molecule has 0 spiro atoms. The summed E-state index contributed by atoms with van der Waals surface area (Å²) < 4.78 is 0. The van der Waals surface area contributed by atoms with Gasteiger partial charge in [-0.05, 0) is 23.5 Å². The van der Waals surface area contributed by atoms with Gasteiger partial charge in [0.05, 0.1) is 11.3 Å². The minimum absolute atomic E-state index is 0.00369. The maximum atomic E-state index is 12.2. The lowest BCUT2D eigenvalue weighted by atomic mass is 10.0. The number of nitrogens with zero attached hydrogens (tertiary/aromatic N) is 1. The Morgan fingerprint density at radius 2 is 1.91 bits per heavy atom. The first-order chi connectivity index (χ1) is 11.1. The molecule has 2 aliphatic rings. The van der Waals surface area contributed by atoms with E-state index in [1.54, 1.807) is 18.2 Å². The number of hydrogen-bond donors (Lipinski definition) is 1. The van der Waals surface area contributed by atoms with E-state index in [1.165, 1.54) is 17.2 Å². The highest BCUT2D eigenvalue weighted by Crippen LogP contribution is 2.56. The Kier molecular flexibility index (Phi) is 3.15. The molecular weight excluding hydrogens is 292 g/mol. The SMILES string of the molecule is O=C(Cc1ccccc1[N+](=O)[O-])N[C@@H]1[C@H]2Cc3ccccc3[C@@H]21. The molecule has 0 radical (unpaired) electrons. The first-order valence-corrected chi connectivity index (χ1v) is 7.74. The van der Waals surface area contributed by atoms with Gasteiger partial charge in [0.15, 0.2) is 0 Å². The van der Waals surface area contributed by atoms with Crippen molar-refractivity contribution in [1.82, 2.24) is 5.32 Å². The van der Waals surface area contributed by atoms with Crippen molar-refractivity contribution < 1.29 is 9.72 Å². The molecule has 2 aliphatic carbocycles. The Bertz CT molecular complexity index is 802. The summed E-state index contributed by atoms with van der Waals surface area (Å²) in [7, 11) is 0. The molecule has 3 atom stereocenters. The molecule has 5 heteroatoms. The van der Waals surface area contributed by atoms with Crippen LogP contribution in [0.1, 0.15) is 22.6 Å². The van der Waals surface area contributed by atoms with Gasteiger partial charge in [-0.15, -0.1) is 0 Å². The van der Waals surface area contributed by atoms with Crippen LogP contribution in [0.5, 0.6) is 0 Å². The molecule has 2 aromatic carbocycles. The van der Waals surface area contributed by atoms with Crippen LogP contribution in [0.4, 0.5) is 5.69 Å². The van der Waals surface area contributed by atoms with Crippen molar-refractivity contribution in [1.29, 1.82) is 0 Å². The summed E-state index contributed by atoms with van der Waals surface area (Å²) in [5, 5.41) is 14.1. The highest BCUT2D eigenvalue weighted by molar-refractivity contribution is 5.81. The molecule has 5 nitrogen and oxygen atoms in total. The summed E-state index contributed by atoms with van der Waals surface area (Å²) in [4.78, 5) is 22.8. The van der Waals surface area contributed by atoms with E-state index in [0.717, 1.165) is 6.42 Å². The van der Waals surface area contributed by atoms with Crippen LogP contribution in [0.15, 0.2) is 48.5 Å². The first kappa shape index (κ1) is 13.9. The number of hydrogen-bond acceptors (Lipinski definition) is 3. The van der Waals surface area contributed by atoms with E-state index in [4.69, 9.17) is 0 Å². The Morgan fingerprint density at radius 1 is 1.17 bits per heavy atom. The van der Waals surface area contributed by atoms with Gasteiger partial charge in [-0.3, -0.25) is 14.9 Å². The first-order valence-electron chi connectivity index (χ1n) is 7.74. The van der Waals surface area contributed by atoms with E-state index in [-0.39, 0.29) is 24.1 Å². The number of nitro benzene ring substituents is 1. The highest BCUT2D eigenvalue weighted by Gasteiger charge is 2.56. The van der Waals surface area contributed by atoms with E-state index in [2.05, 4.69) is 17.4 Å². The number of rotatable bonds is 4. The van der Waals surface area contributed by atoms with Crippen LogP contribution in [0.2, 0.25) is 0 Å². The number of fused-ring (bicyclic) bond motifs is 3. The second-order valence-corrected chi connectivity index (χ2v) is 6.25. The van der Waals surface area contributed by atoms with Crippen molar-refractivity contribution in [3.63, 3.8) is 0 Å². The van der Waals surface area contributed by atoms with E-state index < -0.39 is 4.92 Å². The second-order valence-electron chi connectivity index (χ2n) is 6.25. The number of carbonyl (C=O) groups is 1. The Labute approximate surface area is 133 Å². The monoisotopic (exact) mass is 308 g/mol. The van der Waals surface area contributed by atoms with Gasteiger partial charge in [-0.25, -0.2) is 0 Å². The molecule has 1 saturated carbocycles. The summed E-state index contributed by atoms with van der Waals surface area (Å²) in [6.07, 6.45) is 1.06. The van der Waals surface area contributed by atoms with Crippen LogP contribution in [0.25, 0.3) is 0 Å². The van der Waals surface area contributed by atoms with Gasteiger partial charge in [0.25, 0.3) is 5.69 Å². The fourth-order valence-corrected chi connectivity index (χ4v) is 3.80. The lowest BCUT2D eigenvalue weighted by Crippen LogP contribution is -2.30. The standard InChI is InChI=1S/C18H16N2O3/c21-16(10-12-6-2-4-8-15(12)20(22)23)19-18-14-9-11-5-1-3-7-13(11)17(14)18/h1-8,14,17-18H,9-10H2,(H,19,21)/t14-,17-,18+/m0/s1. The van der Waals surface area contributed by atoms with Crippen molar-refractivity contribution in [3.05, 3.63) is 75.3 Å². The number of benzene rings is 2. The fourth-order valence-electron chi connectivity index (χ4n) is 3.80. The van der Waals surface area contributed by atoms with Gasteiger partial charge >= 0.3 is 0 Å². The van der Waals surface area contributed by atoms with Crippen LogP contribution < -0.4 is 5.32 Å². The fraction of sp³-hybridized carbons (Fsp3) is 0.278. The summed E-state index contributed by atoms with van der Waals surface area (Å²) in [6.45, 7) is 0. The average molecular weight is 308 g/mol. The molecule has 1 N–H and O–H groups in total. The van der Waals surface area contributed by atoms with Crippen LogP contribution in [-0.2, 0) is 17.6 Å². The maximum absolute atomic E-state index is 12.2. The smallest absolute Gasteiger partial charge is 0.273 e. The topological polar surface area (TPSA) is 72.2 Å². The summed E-state index contributed by atoms with van der Waals surface area (Å²) >= 11 is 0. The van der Waals surface area contributed by atoms with Gasteiger partial charge in [0, 0.05) is 23.6 Å². The third kappa shape index (κ3) is 2.38. The zero-order valence-electron chi connectivity index (χ0n) is 12.4. The molecule has 23 heavy (non-hydrogen) atoms. The molecular formula is C18H16N2O3. The van der Waals surface area contributed by atoms with Crippen molar-refractivity contribution in [3.8, 4) is 0 Å². The molecule has 0 unspecified atom stereocenters. The molecule has 2 aromatic rings. The predicted octanol–water partition coefficient (Wildman–Crippen LogP) is 2.59. The van der Waals surface area contributed by atoms with Crippen LogP contribution in [-0.4, -0.2) is 16.9 Å². The van der Waals surface area contributed by atoms with E-state index >= 15 is 0 Å². The Morgan fingerprint density at radius 3 is 2.74 bits per heavy atom. The lowest BCUT2D eigenvalue weighted by Gasteiger charge is -2.09. The van der Waals surface area contributed by atoms with Gasteiger partial charge in [0.2, 0.25) is 5.91 Å². The van der Waals surface area contributed by atoms with Crippen molar-refractivity contribution in [2.24, 2.45) is 5.92 Å². The third-order valence-electron chi connectivity index (χ3n) is 4.91. The molecule has 0 heterocycles. The van der Waals surface area contributed by atoms with Gasteiger partial charge < -0.3 is 5.32 Å². The van der Waals surface area contributed by atoms with Crippen LogP contribution in [0.3, 0.4) is 0 Å². The summed E-state index contributed by atoms with van der Waals surface area (Å²) in [5.74, 6) is 0.763. The number of carbonyl (C=O) groups excluding carboxylic acids is 1. The third-order valence-corrected chi connectivity index (χ3v) is 4.91. The van der Waals surface area contributed by atoms with Gasteiger partial charge in [0.1, 0.15) is 0 Å². The molecule has 0 saturated heterocycles. The molecule has 0 aromatic heterocycles. The number of amides is 1. The van der Waals surface area contributed by atoms with Crippen LogP contribution in [0, 0.1) is 16.0 Å².